The van der Waals surface area contributed by atoms with Gasteiger partial charge in [-0.05, 0) is 20.8 Å². The molecular formula is C12H16ClN3OS. The summed E-state index contributed by atoms with van der Waals surface area (Å²) in [4.78, 5) is 5.05. The van der Waals surface area contributed by atoms with Crippen LogP contribution in [-0.2, 0) is 13.0 Å². The van der Waals surface area contributed by atoms with Gasteiger partial charge in [0.05, 0.1) is 38.6 Å². The van der Waals surface area contributed by atoms with Crippen molar-refractivity contribution in [2.75, 3.05) is 0 Å². The van der Waals surface area contributed by atoms with Crippen LogP contribution in [0.1, 0.15) is 35.0 Å². The average Bonchev–Trinajstić information content (AvgIpc) is 2.87. The third kappa shape index (κ3) is 2.43. The first-order chi connectivity index (χ1) is 8.54. The second-order valence-electron chi connectivity index (χ2n) is 4.18. The van der Waals surface area contributed by atoms with Crippen LogP contribution in [-0.4, -0.2) is 19.9 Å². The van der Waals surface area contributed by atoms with Crippen molar-refractivity contribution in [1.29, 1.82) is 0 Å². The van der Waals surface area contributed by atoms with Crippen LogP contribution in [0.15, 0.2) is 5.51 Å². The summed E-state index contributed by atoms with van der Waals surface area (Å²) >= 11 is 7.70. The number of aromatic nitrogens is 3. The van der Waals surface area contributed by atoms with Crippen LogP contribution in [0, 0.1) is 13.8 Å². The lowest BCUT2D eigenvalue weighted by molar-refractivity contribution is 0.178. The molecule has 1 unspecified atom stereocenters. The quantitative estimate of drug-likeness (QED) is 0.940. The lowest BCUT2D eigenvalue weighted by Gasteiger charge is -2.11. The van der Waals surface area contributed by atoms with Crippen LogP contribution < -0.4 is 0 Å². The lowest BCUT2D eigenvalue weighted by atomic mass is 10.1. The predicted molar refractivity (Wildman–Crippen MR) is 73.2 cm³/mol. The van der Waals surface area contributed by atoms with Crippen molar-refractivity contribution in [3.63, 3.8) is 0 Å². The van der Waals surface area contributed by atoms with E-state index in [1.807, 2.05) is 25.5 Å². The summed E-state index contributed by atoms with van der Waals surface area (Å²) in [6.45, 7) is 6.54. The van der Waals surface area contributed by atoms with Crippen molar-refractivity contribution >= 4 is 22.9 Å². The van der Waals surface area contributed by atoms with Crippen LogP contribution in [0.3, 0.4) is 0 Å². The summed E-state index contributed by atoms with van der Waals surface area (Å²) in [5, 5.41) is 15.3. The Morgan fingerprint density at radius 2 is 2.17 bits per heavy atom. The molecule has 18 heavy (non-hydrogen) atoms. The molecule has 0 aliphatic heterocycles. The summed E-state index contributed by atoms with van der Waals surface area (Å²) in [5.41, 5.74) is 4.32. The van der Waals surface area contributed by atoms with Gasteiger partial charge >= 0.3 is 0 Å². The molecular weight excluding hydrogens is 270 g/mol. The predicted octanol–water partition coefficient (Wildman–Crippen LogP) is 2.91. The fraction of sp³-hybridized carbons (Fsp3) is 0.500. The fourth-order valence-electron chi connectivity index (χ4n) is 1.97. The molecule has 2 aromatic heterocycles. The maximum atomic E-state index is 10.3. The highest BCUT2D eigenvalue weighted by molar-refractivity contribution is 7.09. The van der Waals surface area contributed by atoms with E-state index in [0.29, 0.717) is 11.4 Å². The highest BCUT2D eigenvalue weighted by Gasteiger charge is 2.19. The first-order valence-electron chi connectivity index (χ1n) is 5.84. The fourth-order valence-corrected chi connectivity index (χ4v) is 2.97. The average molecular weight is 286 g/mol. The lowest BCUT2D eigenvalue weighted by Crippen LogP contribution is -2.08. The van der Waals surface area contributed by atoms with E-state index in [4.69, 9.17) is 11.6 Å². The standard InChI is InChI=1S/C12H16ClN3OS/c1-4-16-9(11(13)7(2)15-16)5-10(17)12-8(3)14-6-18-12/h6,10,17H,4-5H2,1-3H3. The molecule has 0 amide bonds. The summed E-state index contributed by atoms with van der Waals surface area (Å²) in [6, 6.07) is 0. The van der Waals surface area contributed by atoms with Crippen molar-refractivity contribution in [2.45, 2.75) is 39.8 Å². The number of nitrogens with zero attached hydrogens (tertiary/aromatic N) is 3. The first-order valence-corrected chi connectivity index (χ1v) is 7.10. The van der Waals surface area contributed by atoms with Crippen molar-refractivity contribution in [1.82, 2.24) is 14.8 Å². The summed E-state index contributed by atoms with van der Waals surface area (Å²) in [6.07, 6.45) is -0.104. The number of aliphatic hydroxyl groups excluding tert-OH is 1. The second-order valence-corrected chi connectivity index (χ2v) is 5.45. The Bertz CT molecular complexity index is 550. The molecule has 0 saturated heterocycles. The zero-order valence-electron chi connectivity index (χ0n) is 10.6. The highest BCUT2D eigenvalue weighted by Crippen LogP contribution is 2.29. The van der Waals surface area contributed by atoms with Crippen LogP contribution in [0.2, 0.25) is 5.02 Å². The van der Waals surface area contributed by atoms with Crippen LogP contribution in [0.5, 0.6) is 0 Å². The largest absolute Gasteiger partial charge is 0.387 e. The third-order valence-electron chi connectivity index (χ3n) is 2.92. The molecule has 1 N–H and O–H groups in total. The molecule has 2 heterocycles. The van der Waals surface area contributed by atoms with E-state index in [-0.39, 0.29) is 0 Å². The number of aryl methyl sites for hydroxylation is 3. The van der Waals surface area contributed by atoms with E-state index in [2.05, 4.69) is 10.1 Å². The minimum atomic E-state index is -0.573. The third-order valence-corrected chi connectivity index (χ3v) is 4.45. The van der Waals surface area contributed by atoms with E-state index in [0.717, 1.165) is 28.5 Å². The maximum Gasteiger partial charge on any atom is 0.0956 e. The Morgan fingerprint density at radius 3 is 2.72 bits per heavy atom. The molecule has 0 aliphatic carbocycles. The van der Waals surface area contributed by atoms with Gasteiger partial charge in [0.2, 0.25) is 0 Å². The van der Waals surface area contributed by atoms with Gasteiger partial charge in [0.15, 0.2) is 0 Å². The molecule has 0 radical (unpaired) electrons. The monoisotopic (exact) mass is 285 g/mol. The van der Waals surface area contributed by atoms with E-state index in [1.54, 1.807) is 5.51 Å². The molecule has 2 aromatic rings. The molecule has 0 aromatic carbocycles. The van der Waals surface area contributed by atoms with Gasteiger partial charge in [0, 0.05) is 13.0 Å². The smallest absolute Gasteiger partial charge is 0.0956 e. The van der Waals surface area contributed by atoms with Crippen molar-refractivity contribution < 1.29 is 5.11 Å². The molecule has 0 saturated carbocycles. The minimum Gasteiger partial charge on any atom is -0.387 e. The molecule has 6 heteroatoms. The van der Waals surface area contributed by atoms with Gasteiger partial charge in [-0.2, -0.15) is 5.10 Å². The van der Waals surface area contributed by atoms with E-state index < -0.39 is 6.10 Å². The van der Waals surface area contributed by atoms with Gasteiger partial charge in [-0.25, -0.2) is 4.98 Å². The van der Waals surface area contributed by atoms with Crippen molar-refractivity contribution in [2.24, 2.45) is 0 Å². The molecule has 1 atom stereocenters. The number of halogens is 1. The Morgan fingerprint density at radius 1 is 1.44 bits per heavy atom. The van der Waals surface area contributed by atoms with Gasteiger partial charge in [0.1, 0.15) is 0 Å². The van der Waals surface area contributed by atoms with Crippen molar-refractivity contribution in [3.8, 4) is 0 Å². The van der Waals surface area contributed by atoms with Gasteiger partial charge in [0.25, 0.3) is 0 Å². The number of aliphatic hydroxyl groups is 1. The highest BCUT2D eigenvalue weighted by atomic mass is 35.5. The summed E-state index contributed by atoms with van der Waals surface area (Å²) in [5.74, 6) is 0. The second kappa shape index (κ2) is 5.38. The number of thiazole rings is 1. The molecule has 2 rings (SSSR count). The van der Waals surface area contributed by atoms with E-state index in [1.165, 1.54) is 11.3 Å². The van der Waals surface area contributed by atoms with Crippen LogP contribution in [0.4, 0.5) is 0 Å². The van der Waals surface area contributed by atoms with Crippen LogP contribution in [0.25, 0.3) is 0 Å². The molecule has 98 valence electrons. The Labute approximate surface area is 115 Å². The van der Waals surface area contributed by atoms with E-state index in [9.17, 15) is 5.11 Å². The summed E-state index contributed by atoms with van der Waals surface area (Å²) in [7, 11) is 0. The van der Waals surface area contributed by atoms with Gasteiger partial charge in [-0.15, -0.1) is 11.3 Å². The van der Waals surface area contributed by atoms with Gasteiger partial charge in [-0.3, -0.25) is 4.68 Å². The van der Waals surface area contributed by atoms with Gasteiger partial charge < -0.3 is 5.11 Å². The van der Waals surface area contributed by atoms with Crippen LogP contribution >= 0.6 is 22.9 Å². The molecule has 0 bridgehead atoms. The molecule has 0 fully saturated rings. The normalized spacial score (nSPS) is 12.9. The molecule has 0 aliphatic rings. The van der Waals surface area contributed by atoms with Gasteiger partial charge in [-0.1, -0.05) is 11.6 Å². The number of rotatable bonds is 4. The molecule has 4 nitrogen and oxygen atoms in total. The topological polar surface area (TPSA) is 50.9 Å². The molecule has 0 spiro atoms. The minimum absolute atomic E-state index is 0.469. The zero-order valence-corrected chi connectivity index (χ0v) is 12.2. The van der Waals surface area contributed by atoms with Crippen molar-refractivity contribution in [3.05, 3.63) is 32.5 Å². The Kier molecular flexibility index (Phi) is 4.04. The Hall–Kier alpha value is -0.910. The zero-order chi connectivity index (χ0) is 13.3. The summed E-state index contributed by atoms with van der Waals surface area (Å²) < 4.78 is 1.84. The number of hydrogen-bond acceptors (Lipinski definition) is 4. The van der Waals surface area contributed by atoms with E-state index >= 15 is 0 Å². The maximum absolute atomic E-state index is 10.3. The SMILES string of the molecule is CCn1nc(C)c(Cl)c1CC(O)c1scnc1C. The first kappa shape index (κ1) is 13.5. The number of hydrogen-bond donors (Lipinski definition) is 1. The Balaban J connectivity index is 2.27.